The van der Waals surface area contributed by atoms with Crippen molar-refractivity contribution >= 4 is 11.3 Å². The molecule has 0 aliphatic carbocycles. The Morgan fingerprint density at radius 2 is 2.50 bits per heavy atom. The van der Waals surface area contributed by atoms with Gasteiger partial charge in [0.1, 0.15) is 11.1 Å². The minimum atomic E-state index is 0.127. The first-order chi connectivity index (χ1) is 6.77. The zero-order valence-electron chi connectivity index (χ0n) is 8.82. The first-order valence-corrected chi connectivity index (χ1v) is 5.82. The van der Waals surface area contributed by atoms with Crippen molar-refractivity contribution < 1.29 is 4.74 Å². The van der Waals surface area contributed by atoms with E-state index in [1.54, 1.807) is 11.3 Å². The lowest BCUT2D eigenvalue weighted by Crippen LogP contribution is -1.99. The van der Waals surface area contributed by atoms with Gasteiger partial charge in [0, 0.05) is 12.0 Å². The van der Waals surface area contributed by atoms with Crippen LogP contribution in [0.25, 0.3) is 0 Å². The van der Waals surface area contributed by atoms with Gasteiger partial charge in [-0.25, -0.2) is 4.98 Å². The van der Waals surface area contributed by atoms with Gasteiger partial charge in [-0.15, -0.1) is 17.9 Å². The second kappa shape index (κ2) is 5.94. The van der Waals surface area contributed by atoms with Crippen LogP contribution in [0.3, 0.4) is 0 Å². The molecule has 1 heterocycles. The Hall–Kier alpha value is -0.670. The molecule has 1 aromatic heterocycles. The van der Waals surface area contributed by atoms with Crippen LogP contribution in [0, 0.1) is 0 Å². The van der Waals surface area contributed by atoms with Gasteiger partial charge in [-0.1, -0.05) is 6.08 Å². The van der Waals surface area contributed by atoms with Gasteiger partial charge < -0.3 is 4.74 Å². The minimum absolute atomic E-state index is 0.127. The van der Waals surface area contributed by atoms with Crippen molar-refractivity contribution in [2.45, 2.75) is 32.8 Å². The summed E-state index contributed by atoms with van der Waals surface area (Å²) in [6, 6.07) is 0. The summed E-state index contributed by atoms with van der Waals surface area (Å²) in [7, 11) is 0. The fraction of sp³-hybridized carbons (Fsp3) is 0.545. The van der Waals surface area contributed by atoms with Crippen molar-refractivity contribution in [2.75, 3.05) is 6.61 Å². The van der Waals surface area contributed by atoms with E-state index >= 15 is 0 Å². The summed E-state index contributed by atoms with van der Waals surface area (Å²) in [5.74, 6) is 0. The van der Waals surface area contributed by atoms with Crippen molar-refractivity contribution in [1.82, 2.24) is 4.98 Å². The van der Waals surface area contributed by atoms with Crippen LogP contribution in [0.5, 0.6) is 0 Å². The maximum atomic E-state index is 5.47. The fourth-order valence-electron chi connectivity index (χ4n) is 1.20. The molecule has 0 saturated carbocycles. The Labute approximate surface area is 89.6 Å². The molecule has 2 nitrogen and oxygen atoms in total. The maximum absolute atomic E-state index is 5.47. The molecular formula is C11H17NOS. The first kappa shape index (κ1) is 11.4. The summed E-state index contributed by atoms with van der Waals surface area (Å²) < 4.78 is 5.47. The summed E-state index contributed by atoms with van der Waals surface area (Å²) >= 11 is 1.68. The van der Waals surface area contributed by atoms with Gasteiger partial charge in [0.2, 0.25) is 0 Å². The zero-order valence-corrected chi connectivity index (χ0v) is 9.64. The summed E-state index contributed by atoms with van der Waals surface area (Å²) in [6.45, 7) is 8.48. The van der Waals surface area contributed by atoms with Gasteiger partial charge in [-0.05, 0) is 26.7 Å². The third kappa shape index (κ3) is 3.24. The van der Waals surface area contributed by atoms with E-state index < -0.39 is 0 Å². The lowest BCUT2D eigenvalue weighted by molar-refractivity contribution is 0.0761. The predicted octanol–water partition coefficient (Wildman–Crippen LogP) is 3.36. The molecule has 0 N–H and O–H groups in total. The Bertz CT molecular complexity index is 283. The summed E-state index contributed by atoms with van der Waals surface area (Å²) in [6.07, 6.45) is 4.03. The lowest BCUT2D eigenvalue weighted by atomic mass is 10.2. The van der Waals surface area contributed by atoms with E-state index in [0.29, 0.717) is 0 Å². The Kier molecular flexibility index (Phi) is 4.84. The minimum Gasteiger partial charge on any atom is -0.372 e. The zero-order chi connectivity index (χ0) is 10.4. The van der Waals surface area contributed by atoms with E-state index in [1.807, 2.05) is 19.9 Å². The largest absolute Gasteiger partial charge is 0.372 e. The summed E-state index contributed by atoms with van der Waals surface area (Å²) in [5, 5.41) is 3.18. The molecular weight excluding hydrogens is 194 g/mol. The number of aryl methyl sites for hydroxylation is 1. The van der Waals surface area contributed by atoms with Crippen molar-refractivity contribution in [2.24, 2.45) is 0 Å². The van der Waals surface area contributed by atoms with Crippen LogP contribution in [-0.2, 0) is 11.2 Å². The highest BCUT2D eigenvalue weighted by Crippen LogP contribution is 2.21. The highest BCUT2D eigenvalue weighted by molar-refractivity contribution is 7.09. The molecule has 0 aromatic carbocycles. The van der Waals surface area contributed by atoms with E-state index in [-0.39, 0.29) is 6.10 Å². The number of rotatable bonds is 6. The van der Waals surface area contributed by atoms with Crippen LogP contribution in [-0.4, -0.2) is 11.6 Å². The van der Waals surface area contributed by atoms with Crippen LogP contribution in [0.2, 0.25) is 0 Å². The normalized spacial score (nSPS) is 12.7. The highest BCUT2D eigenvalue weighted by Gasteiger charge is 2.09. The second-order valence-corrected chi connectivity index (χ2v) is 3.99. The molecule has 0 spiro atoms. The number of aromatic nitrogens is 1. The van der Waals surface area contributed by atoms with E-state index in [2.05, 4.69) is 16.9 Å². The monoisotopic (exact) mass is 211 g/mol. The molecule has 0 fully saturated rings. The topological polar surface area (TPSA) is 22.1 Å². The number of thiazole rings is 1. The van der Waals surface area contributed by atoms with E-state index in [1.165, 1.54) is 0 Å². The standard InChI is InChI=1S/C11H17NOS/c1-4-6-7-10-8-14-11(12-10)9(3)13-5-2/h4,8-9H,1,5-7H2,2-3H3. The number of ether oxygens (including phenoxy) is 1. The first-order valence-electron chi connectivity index (χ1n) is 4.94. The van der Waals surface area contributed by atoms with Crippen LogP contribution in [0.1, 0.15) is 37.1 Å². The van der Waals surface area contributed by atoms with Gasteiger partial charge in [0.05, 0.1) is 5.69 Å². The van der Waals surface area contributed by atoms with Gasteiger partial charge in [0.25, 0.3) is 0 Å². The Morgan fingerprint density at radius 1 is 1.71 bits per heavy atom. The van der Waals surface area contributed by atoms with Crippen LogP contribution >= 0.6 is 11.3 Å². The van der Waals surface area contributed by atoms with Crippen molar-refractivity contribution in [1.29, 1.82) is 0 Å². The molecule has 1 unspecified atom stereocenters. The highest BCUT2D eigenvalue weighted by atomic mass is 32.1. The molecule has 0 radical (unpaired) electrons. The molecule has 0 aliphatic rings. The average molecular weight is 211 g/mol. The van der Waals surface area contributed by atoms with Crippen molar-refractivity contribution in [3.8, 4) is 0 Å². The molecule has 3 heteroatoms. The molecule has 1 rings (SSSR count). The van der Waals surface area contributed by atoms with Crippen LogP contribution in [0.4, 0.5) is 0 Å². The molecule has 0 amide bonds. The van der Waals surface area contributed by atoms with Gasteiger partial charge in [0.15, 0.2) is 0 Å². The molecule has 1 atom stereocenters. The molecule has 78 valence electrons. The van der Waals surface area contributed by atoms with Crippen LogP contribution < -0.4 is 0 Å². The quantitative estimate of drug-likeness (QED) is 0.673. The predicted molar refractivity (Wildman–Crippen MR) is 60.7 cm³/mol. The van der Waals surface area contributed by atoms with Gasteiger partial charge >= 0.3 is 0 Å². The second-order valence-electron chi connectivity index (χ2n) is 3.10. The molecule has 0 saturated heterocycles. The lowest BCUT2D eigenvalue weighted by Gasteiger charge is -2.06. The number of hydrogen-bond acceptors (Lipinski definition) is 3. The Morgan fingerprint density at radius 3 is 3.14 bits per heavy atom. The summed E-state index contributed by atoms with van der Waals surface area (Å²) in [5.41, 5.74) is 1.15. The van der Waals surface area contributed by atoms with E-state index in [0.717, 1.165) is 30.2 Å². The summed E-state index contributed by atoms with van der Waals surface area (Å²) in [4.78, 5) is 4.51. The molecule has 0 bridgehead atoms. The number of nitrogens with zero attached hydrogens (tertiary/aromatic N) is 1. The SMILES string of the molecule is C=CCCc1csc(C(C)OCC)n1. The van der Waals surface area contributed by atoms with E-state index in [4.69, 9.17) is 4.74 Å². The number of hydrogen-bond donors (Lipinski definition) is 0. The molecule has 1 aromatic rings. The molecule has 14 heavy (non-hydrogen) atoms. The molecule has 0 aliphatic heterocycles. The maximum Gasteiger partial charge on any atom is 0.121 e. The van der Waals surface area contributed by atoms with Gasteiger partial charge in [-0.3, -0.25) is 0 Å². The number of allylic oxidation sites excluding steroid dienone is 1. The van der Waals surface area contributed by atoms with Crippen LogP contribution in [0.15, 0.2) is 18.0 Å². The third-order valence-corrected chi connectivity index (χ3v) is 2.99. The van der Waals surface area contributed by atoms with Gasteiger partial charge in [-0.2, -0.15) is 0 Å². The van der Waals surface area contributed by atoms with Crippen molar-refractivity contribution in [3.05, 3.63) is 28.7 Å². The Balaban J connectivity index is 2.53. The fourth-order valence-corrected chi connectivity index (χ4v) is 2.05. The van der Waals surface area contributed by atoms with E-state index in [9.17, 15) is 0 Å². The van der Waals surface area contributed by atoms with Crippen molar-refractivity contribution in [3.63, 3.8) is 0 Å². The average Bonchev–Trinajstić information content (AvgIpc) is 2.63. The third-order valence-electron chi connectivity index (χ3n) is 1.94. The smallest absolute Gasteiger partial charge is 0.121 e.